The summed E-state index contributed by atoms with van der Waals surface area (Å²) in [5, 5.41) is 9.22. The van der Waals surface area contributed by atoms with Crippen molar-refractivity contribution < 1.29 is 9.90 Å². The fourth-order valence-electron chi connectivity index (χ4n) is 3.81. The molecule has 1 saturated carbocycles. The van der Waals surface area contributed by atoms with Crippen molar-refractivity contribution in [3.63, 3.8) is 0 Å². The molecule has 4 rings (SSSR count). The van der Waals surface area contributed by atoms with Gasteiger partial charge in [-0.25, -0.2) is 4.79 Å². The summed E-state index contributed by atoms with van der Waals surface area (Å²) in [6.45, 7) is 0. The van der Waals surface area contributed by atoms with Gasteiger partial charge in [-0.1, -0.05) is 18.6 Å². The maximum atomic E-state index is 11.2. The molecule has 1 aromatic heterocycles. The summed E-state index contributed by atoms with van der Waals surface area (Å²) in [5.41, 5.74) is 3.94. The van der Waals surface area contributed by atoms with Crippen molar-refractivity contribution in [1.82, 2.24) is 9.88 Å². The van der Waals surface area contributed by atoms with E-state index in [1.807, 2.05) is 24.5 Å². The van der Waals surface area contributed by atoms with Crippen molar-refractivity contribution in [2.75, 3.05) is 0 Å². The van der Waals surface area contributed by atoms with E-state index < -0.39 is 5.97 Å². The lowest BCUT2D eigenvalue weighted by molar-refractivity contribution is -0.132. The molecule has 0 spiro atoms. The van der Waals surface area contributed by atoms with Crippen LogP contribution in [0.5, 0.6) is 0 Å². The number of hydrogen-bond donors (Lipinski definition) is 1. The van der Waals surface area contributed by atoms with E-state index in [2.05, 4.69) is 16.0 Å². The molecule has 4 heteroatoms. The van der Waals surface area contributed by atoms with Crippen LogP contribution in [0.4, 0.5) is 0 Å². The molecular weight excluding hydrogens is 252 g/mol. The summed E-state index contributed by atoms with van der Waals surface area (Å²) in [6.07, 6.45) is 9.65. The second-order valence-corrected chi connectivity index (χ2v) is 5.71. The first-order chi connectivity index (χ1) is 9.75. The van der Waals surface area contributed by atoms with Crippen LogP contribution in [0.15, 0.2) is 36.2 Å². The van der Waals surface area contributed by atoms with Crippen molar-refractivity contribution >= 4 is 11.7 Å². The lowest BCUT2D eigenvalue weighted by Crippen LogP contribution is -2.38. The van der Waals surface area contributed by atoms with Gasteiger partial charge < -0.3 is 10.0 Å². The number of carboxylic acid groups (broad SMARTS) is 1. The van der Waals surface area contributed by atoms with Crippen LogP contribution >= 0.6 is 0 Å². The number of carbonyl (C=O) groups is 1. The number of allylic oxidation sites excluding steroid dienone is 1. The summed E-state index contributed by atoms with van der Waals surface area (Å²) < 4.78 is 0. The number of carboxylic acids is 1. The van der Waals surface area contributed by atoms with Gasteiger partial charge in [0.05, 0.1) is 17.0 Å². The largest absolute Gasteiger partial charge is 0.478 e. The van der Waals surface area contributed by atoms with E-state index >= 15 is 0 Å². The van der Waals surface area contributed by atoms with Gasteiger partial charge in [0.25, 0.3) is 0 Å². The van der Waals surface area contributed by atoms with Gasteiger partial charge >= 0.3 is 5.97 Å². The Morgan fingerprint density at radius 3 is 3.15 bits per heavy atom. The number of rotatable bonds is 1. The van der Waals surface area contributed by atoms with E-state index in [4.69, 9.17) is 0 Å². The maximum Gasteiger partial charge on any atom is 0.333 e. The summed E-state index contributed by atoms with van der Waals surface area (Å²) >= 11 is 0. The fourth-order valence-corrected chi connectivity index (χ4v) is 3.81. The van der Waals surface area contributed by atoms with Crippen LogP contribution in [-0.4, -0.2) is 27.0 Å². The lowest BCUT2D eigenvalue weighted by atomic mass is 9.85. The van der Waals surface area contributed by atoms with Gasteiger partial charge in [-0.2, -0.15) is 0 Å². The standard InChI is InChI=1S/C16H16N2O2/c19-16(20)10-6-7-14-15-12(4-2-8-17-15)11-3-1-5-13(11)18(14)9-10/h2,4,7-9,11,13H,1,3,5-6H2,(H,19,20). The molecule has 102 valence electrons. The van der Waals surface area contributed by atoms with Crippen LogP contribution < -0.4 is 0 Å². The Balaban J connectivity index is 1.86. The number of hydrogen-bond acceptors (Lipinski definition) is 3. The first-order valence-electron chi connectivity index (χ1n) is 7.13. The van der Waals surface area contributed by atoms with Crippen molar-refractivity contribution in [1.29, 1.82) is 0 Å². The fraction of sp³-hybridized carbons (Fsp3) is 0.375. The summed E-state index contributed by atoms with van der Waals surface area (Å²) in [6, 6.07) is 4.58. The van der Waals surface area contributed by atoms with E-state index in [-0.39, 0.29) is 0 Å². The van der Waals surface area contributed by atoms with Crippen LogP contribution in [0.1, 0.15) is 42.9 Å². The molecular formula is C16H16N2O2. The van der Waals surface area contributed by atoms with Gasteiger partial charge in [-0.15, -0.1) is 0 Å². The van der Waals surface area contributed by atoms with E-state index in [0.717, 1.165) is 17.8 Å². The molecule has 0 radical (unpaired) electrons. The van der Waals surface area contributed by atoms with Gasteiger partial charge in [0.1, 0.15) is 0 Å². The Morgan fingerprint density at radius 1 is 1.40 bits per heavy atom. The second kappa shape index (κ2) is 4.20. The summed E-state index contributed by atoms with van der Waals surface area (Å²) in [5.74, 6) is -0.332. The van der Waals surface area contributed by atoms with E-state index in [9.17, 15) is 9.90 Å². The quantitative estimate of drug-likeness (QED) is 0.851. The molecule has 3 heterocycles. The van der Waals surface area contributed by atoms with Gasteiger partial charge in [-0.3, -0.25) is 4.98 Å². The van der Waals surface area contributed by atoms with Crippen LogP contribution in [-0.2, 0) is 4.79 Å². The predicted molar refractivity (Wildman–Crippen MR) is 74.8 cm³/mol. The molecule has 2 unspecified atom stereocenters. The Kier molecular flexibility index (Phi) is 2.46. The Hall–Kier alpha value is -2.10. The molecule has 1 N–H and O–H groups in total. The minimum atomic E-state index is -0.818. The number of fused-ring (bicyclic) bond motifs is 6. The molecule has 3 aliphatic rings. The van der Waals surface area contributed by atoms with Gasteiger partial charge in [0.2, 0.25) is 0 Å². The number of pyridine rings is 1. The van der Waals surface area contributed by atoms with Gasteiger partial charge in [0, 0.05) is 30.8 Å². The maximum absolute atomic E-state index is 11.2. The highest BCUT2D eigenvalue weighted by molar-refractivity contribution is 5.88. The smallest absolute Gasteiger partial charge is 0.333 e. The van der Waals surface area contributed by atoms with Crippen molar-refractivity contribution in [3.8, 4) is 0 Å². The average Bonchev–Trinajstić information content (AvgIpc) is 2.96. The SMILES string of the molecule is O=C(O)C1=CN2C(=CC1)c1ncccc1C1CCCC12. The Labute approximate surface area is 117 Å². The number of aromatic nitrogens is 1. The highest BCUT2D eigenvalue weighted by atomic mass is 16.4. The Morgan fingerprint density at radius 2 is 2.30 bits per heavy atom. The molecule has 0 bridgehead atoms. The van der Waals surface area contributed by atoms with Crippen molar-refractivity contribution in [2.45, 2.75) is 37.6 Å². The van der Waals surface area contributed by atoms with Crippen LogP contribution in [0, 0.1) is 0 Å². The topological polar surface area (TPSA) is 53.4 Å². The zero-order valence-electron chi connectivity index (χ0n) is 11.1. The van der Waals surface area contributed by atoms with E-state index in [1.165, 1.54) is 18.4 Å². The zero-order chi connectivity index (χ0) is 13.7. The minimum absolute atomic E-state index is 0.396. The van der Waals surface area contributed by atoms with E-state index in [1.54, 1.807) is 0 Å². The van der Waals surface area contributed by atoms with Crippen molar-refractivity contribution in [2.24, 2.45) is 0 Å². The second-order valence-electron chi connectivity index (χ2n) is 5.71. The third kappa shape index (κ3) is 1.54. The molecule has 0 amide bonds. The molecule has 0 saturated heterocycles. The first-order valence-corrected chi connectivity index (χ1v) is 7.13. The van der Waals surface area contributed by atoms with Crippen LogP contribution in [0.3, 0.4) is 0 Å². The van der Waals surface area contributed by atoms with Gasteiger partial charge in [-0.05, 0) is 24.5 Å². The molecule has 4 nitrogen and oxygen atoms in total. The highest BCUT2D eigenvalue weighted by Crippen LogP contribution is 2.48. The first kappa shape index (κ1) is 11.7. The van der Waals surface area contributed by atoms with Crippen LogP contribution in [0.25, 0.3) is 5.70 Å². The molecule has 2 atom stereocenters. The third-order valence-electron chi connectivity index (χ3n) is 4.68. The summed E-state index contributed by atoms with van der Waals surface area (Å²) in [4.78, 5) is 17.9. The summed E-state index contributed by atoms with van der Waals surface area (Å²) in [7, 11) is 0. The lowest BCUT2D eigenvalue weighted by Gasteiger charge is -2.41. The molecule has 20 heavy (non-hydrogen) atoms. The number of aliphatic carboxylic acids is 1. The Bertz CT molecular complexity index is 648. The zero-order valence-corrected chi connectivity index (χ0v) is 11.1. The van der Waals surface area contributed by atoms with E-state index in [0.29, 0.717) is 24.0 Å². The number of nitrogens with zero attached hydrogens (tertiary/aromatic N) is 2. The van der Waals surface area contributed by atoms with Crippen LogP contribution in [0.2, 0.25) is 0 Å². The monoisotopic (exact) mass is 268 g/mol. The highest BCUT2D eigenvalue weighted by Gasteiger charge is 2.41. The molecule has 0 aromatic carbocycles. The van der Waals surface area contributed by atoms with Gasteiger partial charge in [0.15, 0.2) is 0 Å². The molecule has 1 aromatic rings. The molecule has 2 aliphatic heterocycles. The predicted octanol–water partition coefficient (Wildman–Crippen LogP) is 2.75. The third-order valence-corrected chi connectivity index (χ3v) is 4.68. The minimum Gasteiger partial charge on any atom is -0.478 e. The van der Waals surface area contributed by atoms with Crippen molar-refractivity contribution in [3.05, 3.63) is 47.4 Å². The average molecular weight is 268 g/mol. The normalized spacial score (nSPS) is 27.1. The molecule has 1 fully saturated rings. The molecule has 1 aliphatic carbocycles.